The van der Waals surface area contributed by atoms with Crippen molar-refractivity contribution in [2.24, 2.45) is 0 Å². The predicted octanol–water partition coefficient (Wildman–Crippen LogP) is 8.00. The van der Waals surface area contributed by atoms with Gasteiger partial charge < -0.3 is 9.72 Å². The number of pyridine rings is 1. The normalized spacial score (nSPS) is 12.2. The summed E-state index contributed by atoms with van der Waals surface area (Å²) in [6.45, 7) is 4.11. The average molecular weight is 516 g/mol. The van der Waals surface area contributed by atoms with E-state index in [1.807, 2.05) is 37.3 Å². The molecule has 38 heavy (non-hydrogen) atoms. The van der Waals surface area contributed by atoms with E-state index in [-0.39, 0.29) is 11.9 Å². The highest BCUT2D eigenvalue weighted by Crippen LogP contribution is 2.35. The molecule has 188 valence electrons. The lowest BCUT2D eigenvalue weighted by Gasteiger charge is -2.14. The van der Waals surface area contributed by atoms with Crippen molar-refractivity contribution >= 4 is 33.0 Å². The quantitative estimate of drug-likeness (QED) is 0.234. The summed E-state index contributed by atoms with van der Waals surface area (Å²) in [5.74, 6) is 0.0341. The molecule has 1 atom stereocenters. The lowest BCUT2D eigenvalue weighted by atomic mass is 10.0. The van der Waals surface area contributed by atoms with E-state index in [1.165, 1.54) is 20.5 Å². The molecule has 0 unspecified atom stereocenters. The van der Waals surface area contributed by atoms with Gasteiger partial charge in [-0.2, -0.15) is 0 Å². The van der Waals surface area contributed by atoms with Crippen molar-refractivity contribution in [1.82, 2.24) is 14.7 Å². The van der Waals surface area contributed by atoms with Crippen molar-refractivity contribution in [2.45, 2.75) is 32.7 Å². The zero-order valence-corrected chi connectivity index (χ0v) is 22.3. The van der Waals surface area contributed by atoms with E-state index in [0.717, 1.165) is 33.7 Å². The third-order valence-electron chi connectivity index (χ3n) is 7.02. The second kappa shape index (κ2) is 10.3. The Labute approximate surface area is 226 Å². The number of benzene rings is 3. The molecule has 0 spiro atoms. The summed E-state index contributed by atoms with van der Waals surface area (Å²) in [5, 5.41) is 4.41. The molecular weight excluding hydrogens is 486 g/mol. The van der Waals surface area contributed by atoms with Gasteiger partial charge in [-0.1, -0.05) is 78.4 Å². The monoisotopic (exact) mass is 515 g/mol. The van der Waals surface area contributed by atoms with Crippen LogP contribution < -0.4 is 5.32 Å². The fourth-order valence-corrected chi connectivity index (χ4v) is 5.97. The lowest BCUT2D eigenvalue weighted by molar-refractivity contribution is -0.121. The zero-order valence-electron chi connectivity index (χ0n) is 21.5. The van der Waals surface area contributed by atoms with Gasteiger partial charge in [-0.3, -0.25) is 4.79 Å². The topological polar surface area (TPSA) is 46.4 Å². The van der Waals surface area contributed by atoms with Gasteiger partial charge in [0.2, 0.25) is 5.91 Å². The van der Waals surface area contributed by atoms with Crippen LogP contribution in [-0.4, -0.2) is 15.3 Å². The van der Waals surface area contributed by atoms with Crippen LogP contribution in [0.25, 0.3) is 37.4 Å². The highest BCUT2D eigenvalue weighted by atomic mass is 32.1. The number of thiophene rings is 1. The van der Waals surface area contributed by atoms with E-state index in [2.05, 4.69) is 89.6 Å². The van der Waals surface area contributed by atoms with Crippen LogP contribution in [0.2, 0.25) is 0 Å². The fourth-order valence-electron chi connectivity index (χ4n) is 4.92. The summed E-state index contributed by atoms with van der Waals surface area (Å²) >= 11 is 1.79. The molecule has 0 saturated heterocycles. The molecular formula is C33H29N3OS. The summed E-state index contributed by atoms with van der Waals surface area (Å²) in [6.07, 6.45) is 3.15. The van der Waals surface area contributed by atoms with Gasteiger partial charge in [-0.15, -0.1) is 11.3 Å². The number of hydrogen-bond donors (Lipinski definition) is 1. The van der Waals surface area contributed by atoms with Crippen molar-refractivity contribution in [3.8, 4) is 21.7 Å². The van der Waals surface area contributed by atoms with Gasteiger partial charge in [-0.05, 0) is 55.5 Å². The van der Waals surface area contributed by atoms with Gasteiger partial charge >= 0.3 is 0 Å². The Morgan fingerprint density at radius 1 is 0.921 bits per heavy atom. The molecule has 6 rings (SSSR count). The number of fused-ring (bicyclic) bond motifs is 2. The van der Waals surface area contributed by atoms with Crippen LogP contribution >= 0.6 is 11.3 Å². The molecule has 0 aliphatic heterocycles. The molecule has 4 nitrogen and oxygen atoms in total. The SMILES string of the molecule is Cc1ccc(-c2nc3ccc(-c4cc5ccccc5s4)cn3c2CCC(=O)N[C@@H](C)c2ccccc2)cc1. The number of rotatable bonds is 7. The lowest BCUT2D eigenvalue weighted by Crippen LogP contribution is -2.26. The molecule has 3 aromatic carbocycles. The number of nitrogens with zero attached hydrogens (tertiary/aromatic N) is 2. The van der Waals surface area contributed by atoms with Crippen molar-refractivity contribution in [3.05, 3.63) is 120 Å². The number of hydrogen-bond acceptors (Lipinski definition) is 3. The summed E-state index contributed by atoms with van der Waals surface area (Å²) in [4.78, 5) is 19.2. The van der Waals surface area contributed by atoms with Crippen LogP contribution in [0.4, 0.5) is 0 Å². The minimum atomic E-state index is -0.0398. The molecule has 5 heteroatoms. The van der Waals surface area contributed by atoms with Gasteiger partial charge in [-0.25, -0.2) is 4.98 Å². The summed E-state index contributed by atoms with van der Waals surface area (Å²) in [5.41, 5.74) is 7.39. The highest BCUT2D eigenvalue weighted by Gasteiger charge is 2.18. The smallest absolute Gasteiger partial charge is 0.220 e. The summed E-state index contributed by atoms with van der Waals surface area (Å²) in [7, 11) is 0. The number of amides is 1. The molecule has 0 aliphatic carbocycles. The first-order valence-electron chi connectivity index (χ1n) is 13.0. The van der Waals surface area contributed by atoms with Crippen molar-refractivity contribution in [2.75, 3.05) is 0 Å². The van der Waals surface area contributed by atoms with Crippen molar-refractivity contribution < 1.29 is 4.79 Å². The standard InChI is InChI=1S/C33H29N3OS/c1-22-12-14-25(15-13-22)33-28(17-19-32(37)34-23(2)24-8-4-3-5-9-24)36-21-27(16-18-31(36)35-33)30-20-26-10-6-7-11-29(26)38-30/h3-16,18,20-21,23H,17,19H2,1-2H3,(H,34,37)/t23-/m0/s1. The minimum absolute atomic E-state index is 0.0341. The second-order valence-electron chi connectivity index (χ2n) is 9.77. The summed E-state index contributed by atoms with van der Waals surface area (Å²) < 4.78 is 3.45. The average Bonchev–Trinajstić information content (AvgIpc) is 3.54. The van der Waals surface area contributed by atoms with Crippen LogP contribution in [0.15, 0.2) is 103 Å². The molecule has 0 aliphatic rings. The molecule has 3 heterocycles. The first-order valence-corrected chi connectivity index (χ1v) is 13.8. The van der Waals surface area contributed by atoms with Gasteiger partial charge in [0.1, 0.15) is 5.65 Å². The molecule has 0 saturated carbocycles. The van der Waals surface area contributed by atoms with E-state index in [1.54, 1.807) is 11.3 Å². The number of carbonyl (C=O) groups excluding carboxylic acids is 1. The second-order valence-corrected chi connectivity index (χ2v) is 10.9. The molecule has 0 radical (unpaired) electrons. The molecule has 3 aromatic heterocycles. The van der Waals surface area contributed by atoms with E-state index in [4.69, 9.17) is 4.98 Å². The van der Waals surface area contributed by atoms with Crippen molar-refractivity contribution in [3.63, 3.8) is 0 Å². The Bertz CT molecular complexity index is 1700. The van der Waals surface area contributed by atoms with Crippen molar-refractivity contribution in [1.29, 1.82) is 0 Å². The first-order chi connectivity index (χ1) is 18.5. The van der Waals surface area contributed by atoms with Crippen LogP contribution in [0, 0.1) is 6.92 Å². The van der Waals surface area contributed by atoms with Crippen LogP contribution in [0.1, 0.15) is 36.2 Å². The zero-order chi connectivity index (χ0) is 26.1. The van der Waals surface area contributed by atoms with Gasteiger partial charge in [0.05, 0.1) is 17.4 Å². The molecule has 0 fully saturated rings. The minimum Gasteiger partial charge on any atom is -0.350 e. The maximum absolute atomic E-state index is 13.0. The van der Waals surface area contributed by atoms with E-state index >= 15 is 0 Å². The Morgan fingerprint density at radius 2 is 1.66 bits per heavy atom. The summed E-state index contributed by atoms with van der Waals surface area (Å²) in [6, 6.07) is 33.4. The Kier molecular flexibility index (Phi) is 6.52. The molecule has 1 amide bonds. The first kappa shape index (κ1) is 24.1. The molecule has 1 N–H and O–H groups in total. The van der Waals surface area contributed by atoms with E-state index < -0.39 is 0 Å². The van der Waals surface area contributed by atoms with Crippen LogP contribution in [0.3, 0.4) is 0 Å². The third kappa shape index (κ3) is 4.85. The maximum Gasteiger partial charge on any atom is 0.220 e. The number of nitrogens with one attached hydrogen (secondary N) is 1. The van der Waals surface area contributed by atoms with Gasteiger partial charge in [0.25, 0.3) is 0 Å². The largest absolute Gasteiger partial charge is 0.350 e. The Hall–Kier alpha value is -4.22. The number of imidazole rings is 1. The third-order valence-corrected chi connectivity index (χ3v) is 8.18. The van der Waals surface area contributed by atoms with Gasteiger partial charge in [0.15, 0.2) is 0 Å². The van der Waals surface area contributed by atoms with Crippen LogP contribution in [0.5, 0.6) is 0 Å². The number of aromatic nitrogens is 2. The van der Waals surface area contributed by atoms with Gasteiger partial charge in [0, 0.05) is 33.3 Å². The molecule has 6 aromatic rings. The number of aryl methyl sites for hydroxylation is 2. The fraction of sp³-hybridized carbons (Fsp3) is 0.152. The van der Waals surface area contributed by atoms with E-state index in [9.17, 15) is 4.79 Å². The Morgan fingerprint density at radius 3 is 2.45 bits per heavy atom. The van der Waals surface area contributed by atoms with Crippen LogP contribution in [-0.2, 0) is 11.2 Å². The number of carbonyl (C=O) groups is 1. The molecule has 0 bridgehead atoms. The maximum atomic E-state index is 13.0. The Balaban J connectivity index is 1.34. The van der Waals surface area contributed by atoms with E-state index in [0.29, 0.717) is 12.8 Å². The highest BCUT2D eigenvalue weighted by molar-refractivity contribution is 7.22. The predicted molar refractivity (Wildman–Crippen MR) is 158 cm³/mol.